The molecular formula is C11H15NO4. The average Bonchev–Trinajstić information content (AvgIpc) is 2.73. The zero-order valence-corrected chi connectivity index (χ0v) is 9.14. The van der Waals surface area contributed by atoms with Gasteiger partial charge in [0.05, 0.1) is 12.6 Å². The lowest BCUT2D eigenvalue weighted by Gasteiger charge is -2.12. The number of aryl methyl sites for hydroxylation is 1. The molecule has 1 aliphatic heterocycles. The minimum absolute atomic E-state index is 0.00902. The molecule has 0 bridgehead atoms. The van der Waals surface area contributed by atoms with Gasteiger partial charge in [-0.1, -0.05) is 0 Å². The molecule has 5 nitrogen and oxygen atoms in total. The van der Waals surface area contributed by atoms with Crippen molar-refractivity contribution in [3.63, 3.8) is 0 Å². The number of hydrogen-bond donors (Lipinski definition) is 2. The average molecular weight is 225 g/mol. The summed E-state index contributed by atoms with van der Waals surface area (Å²) in [4.78, 5) is 12.8. The van der Waals surface area contributed by atoms with E-state index in [1.807, 2.05) is 0 Å². The number of likely N-dealkylation sites (tertiary alicyclic amines) is 1. The predicted molar refractivity (Wildman–Crippen MR) is 56.3 cm³/mol. The van der Waals surface area contributed by atoms with Gasteiger partial charge in [-0.15, -0.1) is 0 Å². The summed E-state index contributed by atoms with van der Waals surface area (Å²) < 4.78 is 5.25. The molecule has 1 aromatic rings. The van der Waals surface area contributed by atoms with Gasteiger partial charge in [0.2, 0.25) is 5.76 Å². The highest BCUT2D eigenvalue weighted by molar-refractivity contribution is 5.86. The van der Waals surface area contributed by atoms with Crippen LogP contribution in [-0.2, 0) is 6.54 Å². The third kappa shape index (κ3) is 2.25. The Labute approximate surface area is 93.3 Å². The molecular weight excluding hydrogens is 210 g/mol. The van der Waals surface area contributed by atoms with Crippen molar-refractivity contribution in [1.82, 2.24) is 4.90 Å². The number of carboxylic acids is 1. The number of β-amino-alcohol motifs (C(OH)–C–C–N with tert-alkyl or cyclic N) is 1. The van der Waals surface area contributed by atoms with Crippen molar-refractivity contribution in [2.75, 3.05) is 13.1 Å². The molecule has 2 rings (SSSR count). The summed E-state index contributed by atoms with van der Waals surface area (Å²) in [7, 11) is 0. The van der Waals surface area contributed by atoms with E-state index >= 15 is 0 Å². The van der Waals surface area contributed by atoms with Crippen LogP contribution in [0.4, 0.5) is 0 Å². The molecule has 0 radical (unpaired) electrons. The van der Waals surface area contributed by atoms with Gasteiger partial charge in [-0.3, -0.25) is 4.90 Å². The number of carbonyl (C=O) groups is 1. The van der Waals surface area contributed by atoms with Gasteiger partial charge in [0.15, 0.2) is 0 Å². The molecule has 1 unspecified atom stereocenters. The number of hydrogen-bond acceptors (Lipinski definition) is 4. The minimum atomic E-state index is -1.04. The van der Waals surface area contributed by atoms with Crippen LogP contribution in [0.3, 0.4) is 0 Å². The van der Waals surface area contributed by atoms with E-state index in [0.717, 1.165) is 13.0 Å². The van der Waals surface area contributed by atoms with Crippen molar-refractivity contribution < 1.29 is 19.4 Å². The second-order valence-electron chi connectivity index (χ2n) is 4.21. The summed E-state index contributed by atoms with van der Waals surface area (Å²) in [5.74, 6) is -0.385. The quantitative estimate of drug-likeness (QED) is 0.797. The maximum atomic E-state index is 10.8. The van der Waals surface area contributed by atoms with Crippen LogP contribution in [0.2, 0.25) is 0 Å². The molecule has 0 amide bonds. The molecule has 0 aromatic carbocycles. The van der Waals surface area contributed by atoms with Crippen molar-refractivity contribution in [3.05, 3.63) is 23.2 Å². The van der Waals surface area contributed by atoms with Crippen molar-refractivity contribution >= 4 is 5.97 Å². The summed E-state index contributed by atoms with van der Waals surface area (Å²) in [6.07, 6.45) is 0.501. The van der Waals surface area contributed by atoms with Crippen molar-refractivity contribution in [3.8, 4) is 0 Å². The van der Waals surface area contributed by atoms with E-state index in [2.05, 4.69) is 4.90 Å². The maximum absolute atomic E-state index is 10.8. The highest BCUT2D eigenvalue weighted by Crippen LogP contribution is 2.18. The Morgan fingerprint density at radius 3 is 2.94 bits per heavy atom. The van der Waals surface area contributed by atoms with Crippen molar-refractivity contribution in [2.24, 2.45) is 0 Å². The first-order chi connectivity index (χ1) is 7.56. The lowest BCUT2D eigenvalue weighted by molar-refractivity contribution is 0.0657. The fourth-order valence-corrected chi connectivity index (χ4v) is 2.01. The normalized spacial score (nSPS) is 21.5. The number of aromatic carboxylic acids is 1. The highest BCUT2D eigenvalue weighted by Gasteiger charge is 2.22. The van der Waals surface area contributed by atoms with Crippen LogP contribution in [0.5, 0.6) is 0 Å². The molecule has 88 valence electrons. The van der Waals surface area contributed by atoms with E-state index in [-0.39, 0.29) is 11.9 Å². The lowest BCUT2D eigenvalue weighted by atomic mass is 10.2. The van der Waals surface area contributed by atoms with E-state index in [0.29, 0.717) is 24.4 Å². The number of rotatable bonds is 3. The van der Waals surface area contributed by atoms with Crippen LogP contribution in [0.1, 0.15) is 28.3 Å². The van der Waals surface area contributed by atoms with Crippen molar-refractivity contribution in [2.45, 2.75) is 26.0 Å². The van der Waals surface area contributed by atoms with Gasteiger partial charge in [-0.2, -0.15) is 0 Å². The first-order valence-corrected chi connectivity index (χ1v) is 5.29. The Kier molecular flexibility index (Phi) is 2.98. The minimum Gasteiger partial charge on any atom is -0.475 e. The maximum Gasteiger partial charge on any atom is 0.372 e. The molecule has 1 atom stereocenters. The van der Waals surface area contributed by atoms with Crippen molar-refractivity contribution in [1.29, 1.82) is 0 Å². The van der Waals surface area contributed by atoms with Gasteiger partial charge >= 0.3 is 5.97 Å². The zero-order valence-electron chi connectivity index (χ0n) is 9.14. The molecule has 2 N–H and O–H groups in total. The Balaban J connectivity index is 2.05. The zero-order chi connectivity index (χ0) is 11.7. The fourth-order valence-electron chi connectivity index (χ4n) is 2.01. The van der Waals surface area contributed by atoms with Crippen LogP contribution in [0.15, 0.2) is 10.5 Å². The number of aliphatic hydroxyl groups is 1. The second kappa shape index (κ2) is 4.27. The van der Waals surface area contributed by atoms with Gasteiger partial charge in [0.25, 0.3) is 0 Å². The largest absolute Gasteiger partial charge is 0.475 e. The summed E-state index contributed by atoms with van der Waals surface area (Å²) in [6.45, 7) is 3.73. The molecule has 1 saturated heterocycles. The molecule has 1 fully saturated rings. The third-order valence-electron chi connectivity index (χ3n) is 2.79. The highest BCUT2D eigenvalue weighted by atomic mass is 16.4. The number of furan rings is 1. The second-order valence-corrected chi connectivity index (χ2v) is 4.21. The standard InChI is InChI=1S/C11H15NO4/c1-7-4-9(16-10(7)11(14)15)6-12-3-2-8(13)5-12/h4,8,13H,2-3,5-6H2,1H3,(H,14,15). The summed E-state index contributed by atoms with van der Waals surface area (Å²) in [5.41, 5.74) is 0.641. The number of carboxylic acid groups (broad SMARTS) is 1. The van der Waals surface area contributed by atoms with Gasteiger partial charge in [-0.25, -0.2) is 4.79 Å². The first kappa shape index (κ1) is 11.2. The Bertz CT molecular complexity index is 399. The van der Waals surface area contributed by atoms with E-state index < -0.39 is 5.97 Å². The van der Waals surface area contributed by atoms with Gasteiger partial charge in [-0.05, 0) is 19.4 Å². The smallest absolute Gasteiger partial charge is 0.372 e. The van der Waals surface area contributed by atoms with Crippen LogP contribution in [0, 0.1) is 6.92 Å². The summed E-state index contributed by atoms with van der Waals surface area (Å²) in [6, 6.07) is 1.74. The number of nitrogens with zero attached hydrogens (tertiary/aromatic N) is 1. The third-order valence-corrected chi connectivity index (χ3v) is 2.79. The predicted octanol–water partition coefficient (Wildman–Crippen LogP) is 0.853. The first-order valence-electron chi connectivity index (χ1n) is 5.29. The van der Waals surface area contributed by atoms with Gasteiger partial charge in [0, 0.05) is 18.7 Å². The van der Waals surface area contributed by atoms with Crippen LogP contribution >= 0.6 is 0 Å². The van der Waals surface area contributed by atoms with Gasteiger partial charge in [0.1, 0.15) is 5.76 Å². The Hall–Kier alpha value is -1.33. The van der Waals surface area contributed by atoms with E-state index in [1.54, 1.807) is 13.0 Å². The molecule has 0 saturated carbocycles. The number of aliphatic hydroxyl groups excluding tert-OH is 1. The molecule has 0 spiro atoms. The molecule has 1 aliphatic rings. The van der Waals surface area contributed by atoms with Crippen LogP contribution in [0.25, 0.3) is 0 Å². The Morgan fingerprint density at radius 1 is 1.69 bits per heavy atom. The molecule has 2 heterocycles. The van der Waals surface area contributed by atoms with Crippen LogP contribution in [-0.4, -0.2) is 40.3 Å². The summed E-state index contributed by atoms with van der Waals surface area (Å²) >= 11 is 0. The molecule has 1 aromatic heterocycles. The molecule has 0 aliphatic carbocycles. The van der Waals surface area contributed by atoms with E-state index in [1.165, 1.54) is 0 Å². The monoisotopic (exact) mass is 225 g/mol. The van der Waals surface area contributed by atoms with E-state index in [4.69, 9.17) is 9.52 Å². The fraction of sp³-hybridized carbons (Fsp3) is 0.545. The SMILES string of the molecule is Cc1cc(CN2CCC(O)C2)oc1C(=O)O. The molecule has 16 heavy (non-hydrogen) atoms. The Morgan fingerprint density at radius 2 is 2.44 bits per heavy atom. The molecule has 5 heteroatoms. The van der Waals surface area contributed by atoms with Gasteiger partial charge < -0.3 is 14.6 Å². The topological polar surface area (TPSA) is 73.9 Å². The lowest BCUT2D eigenvalue weighted by Crippen LogP contribution is -2.21. The summed E-state index contributed by atoms with van der Waals surface area (Å²) in [5, 5.41) is 18.2. The van der Waals surface area contributed by atoms with E-state index in [9.17, 15) is 9.90 Å². The van der Waals surface area contributed by atoms with Crippen LogP contribution < -0.4 is 0 Å².